The second-order valence-electron chi connectivity index (χ2n) is 5.49. The van der Waals surface area contributed by atoms with E-state index in [9.17, 15) is 23.3 Å². The first-order valence-electron chi connectivity index (χ1n) is 7.71. The fraction of sp³-hybridized carbons (Fsp3) is 0.0588. The number of anilines is 4. The summed E-state index contributed by atoms with van der Waals surface area (Å²) in [6, 6.07) is 11.1. The number of rotatable bonds is 5. The summed E-state index contributed by atoms with van der Waals surface area (Å²) in [6.07, 6.45) is -3.55. The van der Waals surface area contributed by atoms with E-state index in [4.69, 9.17) is 11.6 Å². The summed E-state index contributed by atoms with van der Waals surface area (Å²) in [6.45, 7) is 0. The normalized spacial score (nSPS) is 11.1. The van der Waals surface area contributed by atoms with Gasteiger partial charge in [0.2, 0.25) is 11.6 Å². The van der Waals surface area contributed by atoms with Crippen molar-refractivity contribution in [2.45, 2.75) is 6.18 Å². The van der Waals surface area contributed by atoms with Gasteiger partial charge < -0.3 is 10.6 Å². The molecule has 0 atom stereocenters. The molecule has 3 aromatic rings. The van der Waals surface area contributed by atoms with Crippen LogP contribution in [0.4, 0.5) is 41.9 Å². The van der Waals surface area contributed by atoms with Crippen molar-refractivity contribution in [1.29, 1.82) is 0 Å². The molecule has 1 aromatic heterocycles. The zero-order chi connectivity index (χ0) is 20.3. The van der Waals surface area contributed by atoms with Gasteiger partial charge in [-0.15, -0.1) is 0 Å². The smallest absolute Gasteiger partial charge is 0.334 e. The maximum atomic E-state index is 12.9. The molecule has 144 valence electrons. The minimum atomic E-state index is -4.60. The van der Waals surface area contributed by atoms with Crippen LogP contribution in [-0.4, -0.2) is 14.9 Å². The van der Waals surface area contributed by atoms with E-state index in [0.717, 1.165) is 24.5 Å². The van der Waals surface area contributed by atoms with Crippen LogP contribution >= 0.6 is 11.6 Å². The third-order valence-corrected chi connectivity index (χ3v) is 3.92. The Balaban J connectivity index is 2.01. The van der Waals surface area contributed by atoms with Crippen molar-refractivity contribution in [3.8, 4) is 0 Å². The topological polar surface area (TPSA) is 93.0 Å². The molecular formula is C17H11ClF3N5O2. The summed E-state index contributed by atoms with van der Waals surface area (Å²) in [5, 5.41) is 16.8. The number of nitrogens with zero attached hydrogens (tertiary/aromatic N) is 3. The van der Waals surface area contributed by atoms with E-state index < -0.39 is 22.4 Å². The third kappa shape index (κ3) is 4.29. The summed E-state index contributed by atoms with van der Waals surface area (Å²) in [5.74, 6) is -0.434. The Morgan fingerprint density at radius 2 is 1.64 bits per heavy atom. The van der Waals surface area contributed by atoms with Crippen molar-refractivity contribution in [2.24, 2.45) is 0 Å². The lowest BCUT2D eigenvalue weighted by molar-refractivity contribution is -0.383. The van der Waals surface area contributed by atoms with Crippen LogP contribution in [0.15, 0.2) is 54.9 Å². The van der Waals surface area contributed by atoms with E-state index in [0.29, 0.717) is 5.69 Å². The van der Waals surface area contributed by atoms with Crippen molar-refractivity contribution in [3.63, 3.8) is 0 Å². The maximum absolute atomic E-state index is 12.9. The lowest BCUT2D eigenvalue weighted by atomic mass is 10.2. The van der Waals surface area contributed by atoms with E-state index >= 15 is 0 Å². The van der Waals surface area contributed by atoms with E-state index in [1.807, 2.05) is 0 Å². The highest BCUT2D eigenvalue weighted by Crippen LogP contribution is 2.37. The van der Waals surface area contributed by atoms with Gasteiger partial charge in [-0.3, -0.25) is 10.1 Å². The minimum absolute atomic E-state index is 0.0570. The first kappa shape index (κ1) is 19.4. The number of hydrogen-bond acceptors (Lipinski definition) is 6. The number of nitro groups is 1. The van der Waals surface area contributed by atoms with Crippen LogP contribution < -0.4 is 10.6 Å². The van der Waals surface area contributed by atoms with Crippen molar-refractivity contribution >= 4 is 40.3 Å². The number of benzene rings is 2. The van der Waals surface area contributed by atoms with Gasteiger partial charge in [0, 0.05) is 5.69 Å². The van der Waals surface area contributed by atoms with Crippen LogP contribution in [0.25, 0.3) is 0 Å². The first-order valence-corrected chi connectivity index (χ1v) is 8.08. The van der Waals surface area contributed by atoms with Crippen molar-refractivity contribution in [1.82, 2.24) is 9.97 Å². The molecule has 0 saturated carbocycles. The summed E-state index contributed by atoms with van der Waals surface area (Å²) in [7, 11) is 0. The molecule has 0 bridgehead atoms. The third-order valence-electron chi connectivity index (χ3n) is 3.59. The number of alkyl halides is 3. The standard InChI is InChI=1S/C17H11ClF3N5O2/c18-12-7-6-10(17(19,20)21)8-13(12)25-16-14(26(27)28)15(22-9-23-16)24-11-4-2-1-3-5-11/h1-9H,(H2,22,23,24,25). The molecule has 0 spiro atoms. The zero-order valence-corrected chi connectivity index (χ0v) is 14.6. The quantitative estimate of drug-likeness (QED) is 0.424. The predicted octanol–water partition coefficient (Wildman–Crippen LogP) is 5.54. The Bertz CT molecular complexity index is 1020. The first-order chi connectivity index (χ1) is 13.3. The van der Waals surface area contributed by atoms with Gasteiger partial charge in [0.05, 0.1) is 21.2 Å². The molecule has 11 heteroatoms. The Morgan fingerprint density at radius 3 is 2.25 bits per heavy atom. The summed E-state index contributed by atoms with van der Waals surface area (Å²) >= 11 is 5.94. The largest absolute Gasteiger partial charge is 0.416 e. The summed E-state index contributed by atoms with van der Waals surface area (Å²) in [5.41, 5.74) is -1.14. The van der Waals surface area contributed by atoms with Crippen molar-refractivity contribution in [2.75, 3.05) is 10.6 Å². The van der Waals surface area contributed by atoms with Crippen LogP contribution in [0.3, 0.4) is 0 Å². The Kier molecular flexibility index (Phi) is 5.32. The van der Waals surface area contributed by atoms with Gasteiger partial charge in [-0.05, 0) is 30.3 Å². The molecule has 0 radical (unpaired) electrons. The lowest BCUT2D eigenvalue weighted by Gasteiger charge is -2.13. The lowest BCUT2D eigenvalue weighted by Crippen LogP contribution is -2.08. The zero-order valence-electron chi connectivity index (χ0n) is 13.9. The number of aromatic nitrogens is 2. The SMILES string of the molecule is O=[N+]([O-])c1c(Nc2ccccc2)ncnc1Nc1cc(C(F)(F)F)ccc1Cl. The van der Waals surface area contributed by atoms with E-state index in [1.54, 1.807) is 30.3 Å². The molecule has 2 aromatic carbocycles. The van der Waals surface area contributed by atoms with Gasteiger partial charge >= 0.3 is 11.9 Å². The van der Waals surface area contributed by atoms with Gasteiger partial charge in [0.25, 0.3) is 0 Å². The average Bonchev–Trinajstić information content (AvgIpc) is 2.63. The molecule has 0 fully saturated rings. The number of nitrogens with one attached hydrogen (secondary N) is 2. The van der Waals surface area contributed by atoms with Crippen LogP contribution in [0.2, 0.25) is 5.02 Å². The molecule has 3 rings (SSSR count). The van der Waals surface area contributed by atoms with Crippen LogP contribution in [0, 0.1) is 10.1 Å². The molecule has 0 saturated heterocycles. The van der Waals surface area contributed by atoms with Gasteiger partial charge in [-0.1, -0.05) is 29.8 Å². The molecule has 2 N–H and O–H groups in total. The molecule has 0 amide bonds. The highest BCUT2D eigenvalue weighted by Gasteiger charge is 2.31. The van der Waals surface area contributed by atoms with Gasteiger partial charge in [-0.2, -0.15) is 13.2 Å². The molecule has 0 aliphatic rings. The monoisotopic (exact) mass is 409 g/mol. The highest BCUT2D eigenvalue weighted by atomic mass is 35.5. The Labute approximate surface area is 161 Å². The number of halogens is 4. The second kappa shape index (κ2) is 7.69. The Hall–Kier alpha value is -3.40. The summed E-state index contributed by atoms with van der Waals surface area (Å²) in [4.78, 5) is 18.5. The summed E-state index contributed by atoms with van der Waals surface area (Å²) < 4.78 is 38.8. The molecule has 1 heterocycles. The highest BCUT2D eigenvalue weighted by molar-refractivity contribution is 6.33. The molecule has 0 aliphatic carbocycles. The van der Waals surface area contributed by atoms with Gasteiger partial charge in [0.1, 0.15) is 6.33 Å². The molecular weight excluding hydrogens is 399 g/mol. The minimum Gasteiger partial charge on any atom is -0.334 e. The Morgan fingerprint density at radius 1 is 1.00 bits per heavy atom. The molecule has 7 nitrogen and oxygen atoms in total. The average molecular weight is 410 g/mol. The van der Waals surface area contributed by atoms with Crippen LogP contribution in [-0.2, 0) is 6.18 Å². The fourth-order valence-electron chi connectivity index (χ4n) is 2.32. The van der Waals surface area contributed by atoms with Crippen LogP contribution in [0.5, 0.6) is 0 Å². The molecule has 0 aliphatic heterocycles. The van der Waals surface area contributed by atoms with Gasteiger partial charge in [0.15, 0.2) is 0 Å². The van der Waals surface area contributed by atoms with E-state index in [1.165, 1.54) is 0 Å². The molecule has 0 unspecified atom stereocenters. The van der Waals surface area contributed by atoms with E-state index in [2.05, 4.69) is 20.6 Å². The van der Waals surface area contributed by atoms with Crippen molar-refractivity contribution < 1.29 is 18.1 Å². The van der Waals surface area contributed by atoms with Crippen molar-refractivity contribution in [3.05, 3.63) is 75.6 Å². The predicted molar refractivity (Wildman–Crippen MR) is 98.1 cm³/mol. The molecule has 28 heavy (non-hydrogen) atoms. The fourth-order valence-corrected chi connectivity index (χ4v) is 2.48. The van der Waals surface area contributed by atoms with E-state index in [-0.39, 0.29) is 22.3 Å². The number of hydrogen-bond donors (Lipinski definition) is 2. The number of para-hydroxylation sites is 1. The maximum Gasteiger partial charge on any atom is 0.416 e. The second-order valence-corrected chi connectivity index (χ2v) is 5.89. The van der Waals surface area contributed by atoms with Gasteiger partial charge in [-0.25, -0.2) is 9.97 Å². The van der Waals surface area contributed by atoms with Crippen LogP contribution in [0.1, 0.15) is 5.56 Å².